The van der Waals surface area contributed by atoms with Gasteiger partial charge in [-0.15, -0.1) is 0 Å². The molecule has 2 fully saturated rings. The second-order valence-corrected chi connectivity index (χ2v) is 8.89. The summed E-state index contributed by atoms with van der Waals surface area (Å²) in [5, 5.41) is 4.13. The molecular formula is C23H25ClF3N3O. The molecule has 2 unspecified atom stereocenters. The molecule has 1 amide bonds. The number of hydrogen-bond donors (Lipinski definition) is 1. The quantitative estimate of drug-likeness (QED) is 0.516. The number of amides is 1. The van der Waals surface area contributed by atoms with Crippen molar-refractivity contribution in [2.45, 2.75) is 13.3 Å². The summed E-state index contributed by atoms with van der Waals surface area (Å²) in [5.41, 5.74) is 1.65. The highest BCUT2D eigenvalue weighted by Gasteiger charge is 2.41. The van der Waals surface area contributed by atoms with E-state index in [0.29, 0.717) is 37.1 Å². The van der Waals surface area contributed by atoms with Crippen LogP contribution in [0.25, 0.3) is 0 Å². The van der Waals surface area contributed by atoms with Crippen LogP contribution in [0.15, 0.2) is 30.3 Å². The van der Waals surface area contributed by atoms with Crippen molar-refractivity contribution in [1.29, 1.82) is 0 Å². The average Bonchev–Trinajstić information content (AvgIpc) is 3.29. The largest absolute Gasteiger partial charge is 0.385 e. The average molecular weight is 452 g/mol. The van der Waals surface area contributed by atoms with E-state index in [2.05, 4.69) is 10.2 Å². The first-order valence-corrected chi connectivity index (χ1v) is 10.9. The van der Waals surface area contributed by atoms with Crippen LogP contribution in [-0.4, -0.2) is 55.0 Å². The molecule has 0 radical (unpaired) electrons. The van der Waals surface area contributed by atoms with Gasteiger partial charge in [-0.05, 0) is 55.5 Å². The molecule has 2 saturated heterocycles. The molecule has 31 heavy (non-hydrogen) atoms. The van der Waals surface area contributed by atoms with E-state index in [4.69, 9.17) is 11.6 Å². The normalized spacial score (nSPS) is 20.9. The van der Waals surface area contributed by atoms with Crippen molar-refractivity contribution in [2.75, 3.05) is 44.6 Å². The lowest BCUT2D eigenvalue weighted by molar-refractivity contribution is 0.0768. The first kappa shape index (κ1) is 22.0. The zero-order valence-electron chi connectivity index (χ0n) is 17.3. The number of fused-ring (bicyclic) bond motifs is 1. The third-order valence-electron chi connectivity index (χ3n) is 6.24. The van der Waals surface area contributed by atoms with Gasteiger partial charge in [0.25, 0.3) is 5.91 Å². The molecule has 4 rings (SSSR count). The Balaban J connectivity index is 1.23. The van der Waals surface area contributed by atoms with Crippen LogP contribution in [0.5, 0.6) is 0 Å². The van der Waals surface area contributed by atoms with E-state index in [1.165, 1.54) is 0 Å². The molecule has 2 aliphatic heterocycles. The first-order valence-electron chi connectivity index (χ1n) is 10.5. The lowest BCUT2D eigenvalue weighted by Crippen LogP contribution is -2.34. The van der Waals surface area contributed by atoms with E-state index in [9.17, 15) is 18.0 Å². The fourth-order valence-electron chi connectivity index (χ4n) is 4.53. The summed E-state index contributed by atoms with van der Waals surface area (Å²) in [6.07, 6.45) is 0.980. The van der Waals surface area contributed by atoms with Crippen molar-refractivity contribution < 1.29 is 18.0 Å². The Bertz CT molecular complexity index is 973. The predicted octanol–water partition coefficient (Wildman–Crippen LogP) is 4.57. The standard InChI is InChI=1S/C23H25ClF3N3O/c1-14-3-4-17(7-19(14)24)28-5-2-6-29-10-15-12-30(13-16(15)11-29)23(31)18-8-21(26)22(27)9-20(18)25/h3-4,7-9,15-16,28H,2,5-6,10-13H2,1H3. The van der Waals surface area contributed by atoms with Crippen LogP contribution in [0.3, 0.4) is 0 Å². The van der Waals surface area contributed by atoms with Crippen LogP contribution in [0.2, 0.25) is 5.02 Å². The van der Waals surface area contributed by atoms with Crippen LogP contribution >= 0.6 is 11.6 Å². The highest BCUT2D eigenvalue weighted by Crippen LogP contribution is 2.32. The number of hydrogen-bond acceptors (Lipinski definition) is 3. The van der Waals surface area contributed by atoms with Crippen LogP contribution in [-0.2, 0) is 0 Å². The Hall–Kier alpha value is -2.25. The monoisotopic (exact) mass is 451 g/mol. The number of carbonyl (C=O) groups is 1. The fourth-order valence-corrected chi connectivity index (χ4v) is 4.71. The van der Waals surface area contributed by atoms with Crippen molar-refractivity contribution in [2.24, 2.45) is 11.8 Å². The molecule has 0 saturated carbocycles. The Morgan fingerprint density at radius 3 is 2.39 bits per heavy atom. The van der Waals surface area contributed by atoms with Gasteiger partial charge in [-0.2, -0.15) is 0 Å². The summed E-state index contributed by atoms with van der Waals surface area (Å²) >= 11 is 6.15. The number of anilines is 1. The number of nitrogens with one attached hydrogen (secondary N) is 1. The van der Waals surface area contributed by atoms with E-state index in [1.807, 2.05) is 25.1 Å². The summed E-state index contributed by atoms with van der Waals surface area (Å²) in [5.74, 6) is -3.45. The Morgan fingerprint density at radius 1 is 1.03 bits per heavy atom. The number of benzene rings is 2. The summed E-state index contributed by atoms with van der Waals surface area (Å²) in [6, 6.07) is 7.02. The van der Waals surface area contributed by atoms with E-state index in [0.717, 1.165) is 48.9 Å². The summed E-state index contributed by atoms with van der Waals surface area (Å²) in [7, 11) is 0. The van der Waals surface area contributed by atoms with Gasteiger partial charge in [0.05, 0.1) is 5.56 Å². The summed E-state index contributed by atoms with van der Waals surface area (Å²) in [4.78, 5) is 16.5. The van der Waals surface area contributed by atoms with Gasteiger partial charge < -0.3 is 15.1 Å². The first-order chi connectivity index (χ1) is 14.8. The lowest BCUT2D eigenvalue weighted by atomic mass is 10.0. The molecular weight excluding hydrogens is 427 g/mol. The number of likely N-dealkylation sites (tertiary alicyclic amines) is 2. The molecule has 1 N–H and O–H groups in total. The maximum absolute atomic E-state index is 13.9. The minimum Gasteiger partial charge on any atom is -0.385 e. The number of halogens is 4. The molecule has 2 heterocycles. The van der Waals surface area contributed by atoms with Crippen LogP contribution < -0.4 is 5.32 Å². The van der Waals surface area contributed by atoms with E-state index < -0.39 is 28.9 Å². The zero-order valence-corrected chi connectivity index (χ0v) is 18.1. The maximum Gasteiger partial charge on any atom is 0.256 e. The minimum absolute atomic E-state index is 0.321. The van der Waals surface area contributed by atoms with Crippen molar-refractivity contribution in [3.05, 3.63) is 63.9 Å². The summed E-state index contributed by atoms with van der Waals surface area (Å²) in [6.45, 7) is 6.54. The van der Waals surface area contributed by atoms with E-state index >= 15 is 0 Å². The van der Waals surface area contributed by atoms with E-state index in [-0.39, 0.29) is 0 Å². The SMILES string of the molecule is Cc1ccc(NCCCN2CC3CN(C(=O)c4cc(F)c(F)cc4F)CC3C2)cc1Cl. The molecule has 2 atom stereocenters. The number of aryl methyl sites for hydroxylation is 1. The second-order valence-electron chi connectivity index (χ2n) is 8.48. The fraction of sp³-hybridized carbons (Fsp3) is 0.435. The number of rotatable bonds is 6. The molecule has 0 spiro atoms. The molecule has 2 aliphatic rings. The summed E-state index contributed by atoms with van der Waals surface area (Å²) < 4.78 is 40.5. The molecule has 2 aromatic carbocycles. The third-order valence-corrected chi connectivity index (χ3v) is 6.65. The number of carbonyl (C=O) groups excluding carboxylic acids is 1. The van der Waals surface area contributed by atoms with Crippen molar-refractivity contribution in [1.82, 2.24) is 9.80 Å². The molecule has 0 bridgehead atoms. The molecule has 8 heteroatoms. The highest BCUT2D eigenvalue weighted by molar-refractivity contribution is 6.31. The Morgan fingerprint density at radius 2 is 1.71 bits per heavy atom. The number of nitrogens with zero attached hydrogens (tertiary/aromatic N) is 2. The van der Waals surface area contributed by atoms with Crippen molar-refractivity contribution >= 4 is 23.2 Å². The highest BCUT2D eigenvalue weighted by atomic mass is 35.5. The van der Waals surface area contributed by atoms with Gasteiger partial charge in [0.2, 0.25) is 0 Å². The second kappa shape index (κ2) is 9.09. The van der Waals surface area contributed by atoms with Crippen LogP contribution in [0, 0.1) is 36.2 Å². The molecule has 166 valence electrons. The molecule has 0 aliphatic carbocycles. The van der Waals surface area contributed by atoms with Gasteiger partial charge in [-0.25, -0.2) is 13.2 Å². The zero-order chi connectivity index (χ0) is 22.1. The van der Waals surface area contributed by atoms with Gasteiger partial charge in [-0.3, -0.25) is 4.79 Å². The topological polar surface area (TPSA) is 35.6 Å². The van der Waals surface area contributed by atoms with Crippen LogP contribution in [0.1, 0.15) is 22.3 Å². The minimum atomic E-state index is -1.29. The molecule has 0 aromatic heterocycles. The van der Waals surface area contributed by atoms with Crippen molar-refractivity contribution in [3.63, 3.8) is 0 Å². The van der Waals surface area contributed by atoms with E-state index in [1.54, 1.807) is 4.90 Å². The van der Waals surface area contributed by atoms with Gasteiger partial charge >= 0.3 is 0 Å². The Kier molecular flexibility index (Phi) is 6.44. The van der Waals surface area contributed by atoms with Gasteiger partial charge in [0.15, 0.2) is 11.6 Å². The Labute approximate surface area is 185 Å². The predicted molar refractivity (Wildman–Crippen MR) is 115 cm³/mol. The van der Waals surface area contributed by atoms with Gasteiger partial charge in [0.1, 0.15) is 5.82 Å². The lowest BCUT2D eigenvalue weighted by Gasteiger charge is -2.22. The smallest absolute Gasteiger partial charge is 0.256 e. The third kappa shape index (κ3) is 4.83. The molecule has 2 aromatic rings. The maximum atomic E-state index is 13.9. The van der Waals surface area contributed by atoms with Gasteiger partial charge in [-0.1, -0.05) is 17.7 Å². The van der Waals surface area contributed by atoms with Gasteiger partial charge in [0, 0.05) is 49.5 Å². The van der Waals surface area contributed by atoms with Crippen LogP contribution in [0.4, 0.5) is 18.9 Å². The molecule has 4 nitrogen and oxygen atoms in total. The van der Waals surface area contributed by atoms with Crippen molar-refractivity contribution in [3.8, 4) is 0 Å².